The van der Waals surface area contributed by atoms with Gasteiger partial charge in [0.05, 0.1) is 25.3 Å². The average Bonchev–Trinajstić information content (AvgIpc) is 2.77. The minimum atomic E-state index is -3.52. The highest BCUT2D eigenvalue weighted by atomic mass is 32.3. The molecule has 0 spiro atoms. The molecule has 0 aliphatic carbocycles. The van der Waals surface area contributed by atoms with Crippen LogP contribution in [0.2, 0.25) is 0 Å². The van der Waals surface area contributed by atoms with E-state index in [1.54, 1.807) is 0 Å². The number of amides is 1. The molecule has 1 unspecified atom stereocenters. The van der Waals surface area contributed by atoms with Gasteiger partial charge in [-0.3, -0.25) is 14.4 Å². The number of rotatable bonds is 4. The van der Waals surface area contributed by atoms with Gasteiger partial charge in [0.25, 0.3) is 0 Å². The van der Waals surface area contributed by atoms with Gasteiger partial charge in [-0.25, -0.2) is 38.4 Å². The number of nitrogens with zero attached hydrogens (tertiary/aromatic N) is 7. The fraction of sp³-hybridized carbons (Fsp3) is 0.278. The Morgan fingerprint density at radius 1 is 1.26 bits per heavy atom. The van der Waals surface area contributed by atoms with Crippen LogP contribution in [0.1, 0.15) is 12.5 Å². The number of nitrogens with one attached hydrogen (secondary N) is 2. The molecule has 14 nitrogen and oxygen atoms in total. The van der Waals surface area contributed by atoms with Crippen molar-refractivity contribution in [3.63, 3.8) is 0 Å². The van der Waals surface area contributed by atoms with Gasteiger partial charge in [-0.2, -0.15) is 4.98 Å². The third kappa shape index (κ3) is 4.33. The zero-order valence-corrected chi connectivity index (χ0v) is 18.9. The Bertz CT molecular complexity index is 1310. The first-order valence-corrected chi connectivity index (χ1v) is 11.2. The van der Waals surface area contributed by atoms with Gasteiger partial charge in [0.1, 0.15) is 23.5 Å². The van der Waals surface area contributed by atoms with E-state index in [2.05, 4.69) is 35.2 Å². The number of hydrogen-bond donors (Lipinski definition) is 5. The number of aliphatic imine (C=N–C) groups is 1. The molecule has 0 saturated heterocycles. The zero-order valence-electron chi connectivity index (χ0n) is 18.1. The van der Waals surface area contributed by atoms with Crippen LogP contribution < -0.4 is 15.4 Å². The topological polar surface area (TPSA) is 191 Å². The van der Waals surface area contributed by atoms with Gasteiger partial charge in [0.2, 0.25) is 11.8 Å². The lowest BCUT2D eigenvalue weighted by atomic mass is 9.95. The van der Waals surface area contributed by atoms with E-state index in [-0.39, 0.29) is 40.4 Å². The Balaban J connectivity index is 1.75. The lowest BCUT2D eigenvalue weighted by Crippen LogP contribution is -2.51. The molecular formula is C18H20FN9O5S. The van der Waals surface area contributed by atoms with Gasteiger partial charge in [0, 0.05) is 12.6 Å². The molecule has 34 heavy (non-hydrogen) atoms. The van der Waals surface area contributed by atoms with Gasteiger partial charge in [-0.1, -0.05) is 0 Å². The van der Waals surface area contributed by atoms with Crippen molar-refractivity contribution in [2.45, 2.75) is 12.5 Å². The summed E-state index contributed by atoms with van der Waals surface area (Å²) in [4.78, 5) is 36.0. The second kappa shape index (κ2) is 8.47. The molecule has 1 aliphatic rings. The molecule has 0 radical (unpaired) electrons. The van der Waals surface area contributed by atoms with Gasteiger partial charge in [-0.05, 0) is 13.0 Å². The number of methoxy groups -OCH3 is 1. The van der Waals surface area contributed by atoms with Crippen molar-refractivity contribution < 1.29 is 28.1 Å². The third-order valence-corrected chi connectivity index (χ3v) is 7.00. The van der Waals surface area contributed by atoms with Crippen molar-refractivity contribution in [1.82, 2.24) is 34.5 Å². The monoisotopic (exact) mass is 493 g/mol. The summed E-state index contributed by atoms with van der Waals surface area (Å²) in [5.41, 5.74) is -1.02. The van der Waals surface area contributed by atoms with E-state index in [0.29, 0.717) is 5.52 Å². The Kier molecular flexibility index (Phi) is 5.80. The summed E-state index contributed by atoms with van der Waals surface area (Å²) >= 11 is 0. The van der Waals surface area contributed by atoms with Crippen LogP contribution in [0.25, 0.3) is 11.2 Å². The summed E-state index contributed by atoms with van der Waals surface area (Å²) in [5.74, 6) is -0.851. The molecule has 3 aromatic rings. The van der Waals surface area contributed by atoms with Crippen LogP contribution in [0.4, 0.5) is 20.8 Å². The first-order chi connectivity index (χ1) is 16.0. The number of guanidine groups is 1. The normalized spacial score (nSPS) is 20.4. The summed E-state index contributed by atoms with van der Waals surface area (Å²) in [7, 11) is -0.801. The van der Waals surface area contributed by atoms with E-state index in [1.807, 2.05) is 5.32 Å². The maximum Gasteiger partial charge on any atom is 0.411 e. The molecule has 16 heteroatoms. The van der Waals surface area contributed by atoms with Crippen LogP contribution in [0.3, 0.4) is 0 Å². The molecule has 3 aromatic heterocycles. The van der Waals surface area contributed by atoms with Gasteiger partial charge in [0.15, 0.2) is 17.0 Å². The number of halogens is 1. The summed E-state index contributed by atoms with van der Waals surface area (Å²) in [6.45, 7) is 1.46. The molecule has 1 atom stereocenters. The predicted octanol–water partition coefficient (Wildman–Crippen LogP) is 2.16. The fourth-order valence-electron chi connectivity index (χ4n) is 3.34. The Labute approximate surface area is 193 Å². The van der Waals surface area contributed by atoms with E-state index in [0.717, 1.165) is 10.5 Å². The molecule has 0 bridgehead atoms. The second-order valence-electron chi connectivity index (χ2n) is 7.39. The van der Waals surface area contributed by atoms with Crippen molar-refractivity contribution in [3.05, 3.63) is 36.2 Å². The summed E-state index contributed by atoms with van der Waals surface area (Å²) in [5, 5.41) is 14.0. The minimum Gasteiger partial charge on any atom is -0.480 e. The number of ether oxygens (including phenoxy) is 1. The number of fused-ring (bicyclic) bond motifs is 1. The number of pyridine rings is 1. The van der Waals surface area contributed by atoms with Crippen molar-refractivity contribution in [2.75, 3.05) is 25.2 Å². The lowest BCUT2D eigenvalue weighted by molar-refractivity contribution is 0.199. The molecule has 0 fully saturated rings. The smallest absolute Gasteiger partial charge is 0.411 e. The summed E-state index contributed by atoms with van der Waals surface area (Å²) in [6.07, 6.45) is 2.11. The third-order valence-electron chi connectivity index (χ3n) is 5.00. The molecule has 5 N–H and O–H groups in total. The maximum absolute atomic E-state index is 14.9. The van der Waals surface area contributed by atoms with Gasteiger partial charge < -0.3 is 15.2 Å². The lowest BCUT2D eigenvalue weighted by Gasteiger charge is -2.49. The SMILES string of the molecule is COc1cnc2c(Nc3cc(C4(C)CS(O)(O)N(C)C(NC(=O)O)=N4)c(F)cn3)ncnc2n1. The standard InChI is InChI=1S/C18H20FN9O5S/c1-18(7-34(31,32)28(2)16(27-18)26-17(29)30)9-4-11(20-5-10(9)19)24-14-13-15(23-8-22-14)25-12(33-3)6-21-13/h4-6,8,31-32H,7H2,1-3H3,(H,26,27)(H,29,30)(H,20,22,23,24,25). The van der Waals surface area contributed by atoms with Crippen molar-refractivity contribution in [3.8, 4) is 5.88 Å². The van der Waals surface area contributed by atoms with Gasteiger partial charge >= 0.3 is 6.09 Å². The Morgan fingerprint density at radius 2 is 2.03 bits per heavy atom. The maximum atomic E-state index is 14.9. The first-order valence-electron chi connectivity index (χ1n) is 9.57. The molecular weight excluding hydrogens is 473 g/mol. The average molecular weight is 493 g/mol. The molecule has 4 heterocycles. The molecule has 180 valence electrons. The highest BCUT2D eigenvalue weighted by Crippen LogP contribution is 2.52. The number of carbonyl (C=O) groups is 1. The number of hydrogen-bond acceptors (Lipinski definition) is 12. The van der Waals surface area contributed by atoms with Crippen LogP contribution in [0.15, 0.2) is 29.8 Å². The van der Waals surface area contributed by atoms with E-state index in [1.165, 1.54) is 39.7 Å². The van der Waals surface area contributed by atoms with Crippen molar-refractivity contribution >= 4 is 45.6 Å². The van der Waals surface area contributed by atoms with E-state index in [9.17, 15) is 18.3 Å². The van der Waals surface area contributed by atoms with Gasteiger partial charge in [-0.15, -0.1) is 10.8 Å². The first kappa shape index (κ1) is 23.3. The van der Waals surface area contributed by atoms with Crippen LogP contribution in [-0.2, 0) is 5.54 Å². The summed E-state index contributed by atoms with van der Waals surface area (Å²) < 4.78 is 41.9. The van der Waals surface area contributed by atoms with Crippen molar-refractivity contribution in [1.29, 1.82) is 0 Å². The summed E-state index contributed by atoms with van der Waals surface area (Å²) in [6, 6.07) is 1.32. The van der Waals surface area contributed by atoms with E-state index >= 15 is 0 Å². The number of carboxylic acid groups (broad SMARTS) is 1. The highest BCUT2D eigenvalue weighted by molar-refractivity contribution is 8.22. The Morgan fingerprint density at radius 3 is 2.74 bits per heavy atom. The van der Waals surface area contributed by atoms with Crippen molar-refractivity contribution in [2.24, 2.45) is 4.99 Å². The number of aromatic nitrogens is 5. The molecule has 0 aromatic carbocycles. The molecule has 1 amide bonds. The minimum absolute atomic E-state index is 0.0473. The van der Waals surface area contributed by atoms with E-state index in [4.69, 9.17) is 9.84 Å². The van der Waals surface area contributed by atoms with Crippen LogP contribution in [0.5, 0.6) is 5.88 Å². The Hall–Kier alpha value is -3.89. The molecule has 4 rings (SSSR count). The molecule has 0 saturated carbocycles. The highest BCUT2D eigenvalue weighted by Gasteiger charge is 2.43. The quantitative estimate of drug-likeness (QED) is 0.356. The fourth-order valence-corrected chi connectivity index (χ4v) is 4.87. The second-order valence-corrected chi connectivity index (χ2v) is 9.50. The molecule has 1 aliphatic heterocycles. The van der Waals surface area contributed by atoms with Crippen LogP contribution in [0, 0.1) is 5.82 Å². The number of anilines is 2. The zero-order chi connectivity index (χ0) is 24.7. The van der Waals surface area contributed by atoms with E-state index < -0.39 is 28.2 Å². The van der Waals surface area contributed by atoms with Crippen LogP contribution >= 0.6 is 10.8 Å². The largest absolute Gasteiger partial charge is 0.480 e. The predicted molar refractivity (Wildman–Crippen MR) is 121 cm³/mol. The van der Waals surface area contributed by atoms with Crippen LogP contribution in [-0.4, -0.2) is 75.4 Å².